The van der Waals surface area contributed by atoms with Crippen molar-refractivity contribution < 1.29 is 14.3 Å². The molecular weight excluding hydrogens is 354 g/mol. The fraction of sp³-hybridized carbons (Fsp3) is 0.409. The second-order valence-electron chi connectivity index (χ2n) is 7.01. The fourth-order valence-electron chi connectivity index (χ4n) is 3.64. The van der Waals surface area contributed by atoms with E-state index >= 15 is 0 Å². The van der Waals surface area contributed by atoms with Gasteiger partial charge >= 0.3 is 0 Å². The minimum absolute atomic E-state index is 0.0345. The predicted molar refractivity (Wildman–Crippen MR) is 107 cm³/mol. The molecule has 6 nitrogen and oxygen atoms in total. The molecule has 3 rings (SSSR count). The average molecular weight is 381 g/mol. The zero-order valence-electron chi connectivity index (χ0n) is 16.4. The lowest BCUT2D eigenvalue weighted by molar-refractivity contribution is -0.129. The van der Waals surface area contributed by atoms with Crippen molar-refractivity contribution in [3.05, 3.63) is 59.9 Å². The van der Waals surface area contributed by atoms with Crippen LogP contribution in [0.25, 0.3) is 0 Å². The Bertz CT molecular complexity index is 792. The first kappa shape index (κ1) is 19.9. The summed E-state index contributed by atoms with van der Waals surface area (Å²) in [5.41, 5.74) is 1.75. The summed E-state index contributed by atoms with van der Waals surface area (Å²) in [5.74, 6) is 0.261. The van der Waals surface area contributed by atoms with Crippen LogP contribution >= 0.6 is 0 Å². The number of rotatable bonds is 8. The van der Waals surface area contributed by atoms with Crippen LogP contribution in [0.4, 0.5) is 0 Å². The van der Waals surface area contributed by atoms with Gasteiger partial charge in [-0.1, -0.05) is 31.5 Å². The van der Waals surface area contributed by atoms with Crippen LogP contribution in [0.1, 0.15) is 43.5 Å². The molecule has 148 valence electrons. The first-order chi connectivity index (χ1) is 13.6. The lowest BCUT2D eigenvalue weighted by atomic mass is 9.92. The van der Waals surface area contributed by atoms with Crippen molar-refractivity contribution >= 4 is 11.8 Å². The summed E-state index contributed by atoms with van der Waals surface area (Å²) in [7, 11) is 1.62. The Kier molecular flexibility index (Phi) is 6.63. The molecule has 0 radical (unpaired) electrons. The number of methoxy groups -OCH3 is 1. The highest BCUT2D eigenvalue weighted by Gasteiger charge is 2.44. The number of unbranched alkanes of at least 4 members (excludes halogenated alkanes) is 1. The monoisotopic (exact) mass is 381 g/mol. The molecule has 1 N–H and O–H groups in total. The number of ether oxygens (including phenoxy) is 1. The number of likely N-dealkylation sites (tertiary alicyclic amines) is 1. The van der Waals surface area contributed by atoms with Gasteiger partial charge in [0.2, 0.25) is 11.8 Å². The fourth-order valence-corrected chi connectivity index (χ4v) is 3.64. The van der Waals surface area contributed by atoms with E-state index in [-0.39, 0.29) is 24.3 Å². The summed E-state index contributed by atoms with van der Waals surface area (Å²) in [6.07, 6.45) is 3.85. The van der Waals surface area contributed by atoms with E-state index in [0.717, 1.165) is 29.8 Å². The molecule has 1 saturated heterocycles. The molecule has 0 saturated carbocycles. The predicted octanol–water partition coefficient (Wildman–Crippen LogP) is 3.10. The van der Waals surface area contributed by atoms with E-state index in [4.69, 9.17) is 4.74 Å². The van der Waals surface area contributed by atoms with E-state index < -0.39 is 5.92 Å². The van der Waals surface area contributed by atoms with E-state index in [0.29, 0.717) is 13.1 Å². The minimum atomic E-state index is -0.415. The molecular formula is C22H27N3O3. The molecule has 0 bridgehead atoms. The lowest BCUT2D eigenvalue weighted by Gasteiger charge is -2.28. The van der Waals surface area contributed by atoms with E-state index in [2.05, 4.69) is 17.2 Å². The maximum absolute atomic E-state index is 12.9. The Morgan fingerprint density at radius 2 is 2.04 bits per heavy atom. The molecule has 1 aliphatic heterocycles. The standard InChI is InChI=1S/C22H27N3O3/c1-3-4-13-25-20(26)14-19(21(25)16-8-10-18(28-2)11-9-16)22(27)24-15-17-7-5-6-12-23-17/h5-12,19,21H,3-4,13-15H2,1-2H3,(H,24,27). The topological polar surface area (TPSA) is 71.5 Å². The number of hydrogen-bond donors (Lipinski definition) is 1. The number of carbonyl (C=O) groups excluding carboxylic acids is 2. The van der Waals surface area contributed by atoms with Crippen molar-refractivity contribution in [2.75, 3.05) is 13.7 Å². The number of aromatic nitrogens is 1. The normalized spacial score (nSPS) is 18.9. The molecule has 2 unspecified atom stereocenters. The SMILES string of the molecule is CCCCN1C(=O)CC(C(=O)NCc2ccccn2)C1c1ccc(OC)cc1. The van der Waals surface area contributed by atoms with Gasteiger partial charge in [0.15, 0.2) is 0 Å². The maximum atomic E-state index is 12.9. The molecule has 1 fully saturated rings. The highest BCUT2D eigenvalue weighted by molar-refractivity contribution is 5.90. The van der Waals surface area contributed by atoms with Gasteiger partial charge in [0.05, 0.1) is 31.3 Å². The average Bonchev–Trinajstić information content (AvgIpc) is 3.07. The summed E-state index contributed by atoms with van der Waals surface area (Å²) in [6, 6.07) is 13.0. The first-order valence-electron chi connectivity index (χ1n) is 9.75. The molecule has 6 heteroatoms. The van der Waals surface area contributed by atoms with Crippen LogP contribution in [-0.2, 0) is 16.1 Å². The van der Waals surface area contributed by atoms with Crippen LogP contribution in [0, 0.1) is 5.92 Å². The molecule has 0 aliphatic carbocycles. The van der Waals surface area contributed by atoms with E-state index in [1.165, 1.54) is 0 Å². The second-order valence-corrected chi connectivity index (χ2v) is 7.01. The van der Waals surface area contributed by atoms with E-state index in [1.54, 1.807) is 13.3 Å². The molecule has 1 aromatic carbocycles. The van der Waals surface area contributed by atoms with Crippen molar-refractivity contribution in [2.45, 2.75) is 38.8 Å². The molecule has 1 aromatic heterocycles. The van der Waals surface area contributed by atoms with Gasteiger partial charge in [-0.15, -0.1) is 0 Å². The Labute approximate surface area is 165 Å². The molecule has 1 aliphatic rings. The lowest BCUT2D eigenvalue weighted by Crippen LogP contribution is -2.36. The van der Waals surface area contributed by atoms with Gasteiger partial charge in [-0.3, -0.25) is 14.6 Å². The number of pyridine rings is 1. The Morgan fingerprint density at radius 1 is 1.25 bits per heavy atom. The van der Waals surface area contributed by atoms with Crippen molar-refractivity contribution in [2.24, 2.45) is 5.92 Å². The quantitative estimate of drug-likeness (QED) is 0.763. The third kappa shape index (κ3) is 4.50. The number of nitrogens with one attached hydrogen (secondary N) is 1. The summed E-state index contributed by atoms with van der Waals surface area (Å²) < 4.78 is 5.24. The van der Waals surface area contributed by atoms with Crippen LogP contribution in [-0.4, -0.2) is 35.4 Å². The molecule has 2 aromatic rings. The van der Waals surface area contributed by atoms with Gasteiger partial charge in [-0.25, -0.2) is 0 Å². The third-order valence-electron chi connectivity index (χ3n) is 5.15. The molecule has 2 heterocycles. The summed E-state index contributed by atoms with van der Waals surface area (Å²) in [6.45, 7) is 3.12. The maximum Gasteiger partial charge on any atom is 0.226 e. The molecule has 2 amide bonds. The van der Waals surface area contributed by atoms with Crippen molar-refractivity contribution in [1.82, 2.24) is 15.2 Å². The van der Waals surface area contributed by atoms with Gasteiger partial charge in [0.25, 0.3) is 0 Å². The van der Waals surface area contributed by atoms with Crippen LogP contribution in [0.5, 0.6) is 5.75 Å². The van der Waals surface area contributed by atoms with Crippen LogP contribution in [0.15, 0.2) is 48.7 Å². The van der Waals surface area contributed by atoms with Crippen molar-refractivity contribution in [3.8, 4) is 5.75 Å². The third-order valence-corrected chi connectivity index (χ3v) is 5.15. The highest BCUT2D eigenvalue weighted by Crippen LogP contribution is 2.39. The number of carbonyl (C=O) groups is 2. The van der Waals surface area contributed by atoms with Crippen LogP contribution in [0.2, 0.25) is 0 Å². The first-order valence-corrected chi connectivity index (χ1v) is 9.75. The molecule has 0 spiro atoms. The Morgan fingerprint density at radius 3 is 2.68 bits per heavy atom. The smallest absolute Gasteiger partial charge is 0.226 e. The van der Waals surface area contributed by atoms with Gasteiger partial charge in [0, 0.05) is 19.2 Å². The Balaban J connectivity index is 1.80. The molecule has 2 atom stereocenters. The van der Waals surface area contributed by atoms with Gasteiger partial charge < -0.3 is 15.0 Å². The van der Waals surface area contributed by atoms with E-state index in [1.807, 2.05) is 47.4 Å². The number of hydrogen-bond acceptors (Lipinski definition) is 4. The van der Waals surface area contributed by atoms with Gasteiger partial charge in [0.1, 0.15) is 5.75 Å². The van der Waals surface area contributed by atoms with Crippen molar-refractivity contribution in [3.63, 3.8) is 0 Å². The largest absolute Gasteiger partial charge is 0.497 e. The minimum Gasteiger partial charge on any atom is -0.497 e. The number of benzene rings is 1. The summed E-state index contributed by atoms with van der Waals surface area (Å²) in [5, 5.41) is 2.96. The second kappa shape index (κ2) is 9.35. The zero-order chi connectivity index (χ0) is 19.9. The summed E-state index contributed by atoms with van der Waals surface area (Å²) >= 11 is 0. The number of amides is 2. The summed E-state index contributed by atoms with van der Waals surface area (Å²) in [4.78, 5) is 31.7. The van der Waals surface area contributed by atoms with Crippen LogP contribution in [0.3, 0.4) is 0 Å². The van der Waals surface area contributed by atoms with Gasteiger partial charge in [-0.05, 0) is 36.2 Å². The van der Waals surface area contributed by atoms with E-state index in [9.17, 15) is 9.59 Å². The van der Waals surface area contributed by atoms with Crippen molar-refractivity contribution in [1.29, 1.82) is 0 Å². The zero-order valence-corrected chi connectivity index (χ0v) is 16.4. The highest BCUT2D eigenvalue weighted by atomic mass is 16.5. The number of nitrogens with zero attached hydrogens (tertiary/aromatic N) is 2. The Hall–Kier alpha value is -2.89. The van der Waals surface area contributed by atoms with Crippen LogP contribution < -0.4 is 10.1 Å². The van der Waals surface area contributed by atoms with Gasteiger partial charge in [-0.2, -0.15) is 0 Å². The molecule has 28 heavy (non-hydrogen) atoms.